The van der Waals surface area contributed by atoms with Gasteiger partial charge in [-0.15, -0.1) is 0 Å². The summed E-state index contributed by atoms with van der Waals surface area (Å²) in [5.74, 6) is 0. The molecule has 0 atom stereocenters. The van der Waals surface area contributed by atoms with Crippen LogP contribution < -0.4 is 5.73 Å². The number of nitrogens with zero attached hydrogens (tertiary/aromatic N) is 4. The summed E-state index contributed by atoms with van der Waals surface area (Å²) in [7, 11) is 1.96. The Labute approximate surface area is 108 Å². The lowest BCUT2D eigenvalue weighted by Gasteiger charge is -2.06. The molecule has 0 bridgehead atoms. The molecule has 0 aliphatic carbocycles. The zero-order chi connectivity index (χ0) is 13.3. The molecule has 0 unspecified atom stereocenters. The first kappa shape index (κ1) is 12.7. The lowest BCUT2D eigenvalue weighted by atomic mass is 10.2. The second-order valence-corrected chi connectivity index (χ2v) is 4.57. The summed E-state index contributed by atoms with van der Waals surface area (Å²) >= 11 is 0. The molecule has 0 spiro atoms. The van der Waals surface area contributed by atoms with E-state index in [1.165, 1.54) is 0 Å². The van der Waals surface area contributed by atoms with Crippen molar-refractivity contribution in [3.05, 3.63) is 28.8 Å². The summed E-state index contributed by atoms with van der Waals surface area (Å²) in [6, 6.07) is 2.09. The fraction of sp³-hybridized carbons (Fsp3) is 0.538. The van der Waals surface area contributed by atoms with Crippen molar-refractivity contribution >= 4 is 5.69 Å². The highest BCUT2D eigenvalue weighted by atomic mass is 15.3. The number of aryl methyl sites for hydroxylation is 3. The maximum absolute atomic E-state index is 6.12. The highest BCUT2D eigenvalue weighted by Gasteiger charge is 2.14. The number of hydrogen-bond donors (Lipinski definition) is 1. The number of rotatable bonds is 4. The van der Waals surface area contributed by atoms with Crippen LogP contribution in [0.25, 0.3) is 0 Å². The molecule has 2 aromatic heterocycles. The van der Waals surface area contributed by atoms with Gasteiger partial charge in [-0.2, -0.15) is 10.2 Å². The van der Waals surface area contributed by atoms with Crippen molar-refractivity contribution in [1.29, 1.82) is 0 Å². The van der Waals surface area contributed by atoms with Crippen LogP contribution in [0.5, 0.6) is 0 Å². The van der Waals surface area contributed by atoms with Gasteiger partial charge in [-0.3, -0.25) is 9.36 Å². The molecule has 0 aliphatic heterocycles. The van der Waals surface area contributed by atoms with Crippen LogP contribution in [0.4, 0.5) is 5.69 Å². The van der Waals surface area contributed by atoms with Gasteiger partial charge in [0.15, 0.2) is 0 Å². The lowest BCUT2D eigenvalue weighted by Crippen LogP contribution is -2.10. The molecule has 0 aromatic carbocycles. The quantitative estimate of drug-likeness (QED) is 0.894. The van der Waals surface area contributed by atoms with Crippen LogP contribution in [0.2, 0.25) is 0 Å². The van der Waals surface area contributed by atoms with Gasteiger partial charge in [0.05, 0.1) is 35.0 Å². The van der Waals surface area contributed by atoms with Crippen LogP contribution in [0.1, 0.15) is 36.6 Å². The molecule has 2 rings (SSSR count). The van der Waals surface area contributed by atoms with Gasteiger partial charge in [-0.1, -0.05) is 13.8 Å². The Morgan fingerprint density at radius 3 is 2.44 bits per heavy atom. The Bertz CT molecular complexity index is 550. The van der Waals surface area contributed by atoms with Crippen molar-refractivity contribution in [3.8, 4) is 0 Å². The number of aromatic nitrogens is 4. The third-order valence-electron chi connectivity index (χ3n) is 3.26. The summed E-state index contributed by atoms with van der Waals surface area (Å²) in [5.41, 5.74) is 11.2. The molecule has 98 valence electrons. The summed E-state index contributed by atoms with van der Waals surface area (Å²) in [5, 5.41) is 8.95. The van der Waals surface area contributed by atoms with E-state index in [1.807, 2.05) is 23.3 Å². The van der Waals surface area contributed by atoms with E-state index < -0.39 is 0 Å². The molecule has 2 N–H and O–H groups in total. The first-order valence-electron chi connectivity index (χ1n) is 6.40. The zero-order valence-corrected chi connectivity index (χ0v) is 11.6. The number of hydrogen-bond acceptors (Lipinski definition) is 3. The molecule has 18 heavy (non-hydrogen) atoms. The van der Waals surface area contributed by atoms with Crippen molar-refractivity contribution in [1.82, 2.24) is 19.6 Å². The van der Waals surface area contributed by atoms with Gasteiger partial charge in [-0.05, 0) is 25.8 Å². The standard InChI is InChI=1S/C13H21N5/c1-5-11-13(14)12(6-2)18(16-11)8-10-7-9(3)15-17(10)4/h7H,5-6,8,14H2,1-4H3. The summed E-state index contributed by atoms with van der Waals surface area (Å²) in [6.07, 6.45) is 1.77. The second-order valence-electron chi connectivity index (χ2n) is 4.57. The smallest absolute Gasteiger partial charge is 0.0854 e. The Balaban J connectivity index is 2.37. The minimum atomic E-state index is 0.727. The molecular formula is C13H21N5. The fourth-order valence-corrected chi connectivity index (χ4v) is 2.30. The SMILES string of the molecule is CCc1nn(Cc2cc(C)nn2C)c(CC)c1N. The largest absolute Gasteiger partial charge is 0.396 e. The Kier molecular flexibility index (Phi) is 3.41. The minimum absolute atomic E-state index is 0.727. The maximum atomic E-state index is 6.12. The van der Waals surface area contributed by atoms with E-state index in [1.54, 1.807) is 0 Å². The highest BCUT2D eigenvalue weighted by Crippen LogP contribution is 2.19. The topological polar surface area (TPSA) is 61.7 Å². The van der Waals surface area contributed by atoms with E-state index in [0.29, 0.717) is 0 Å². The average Bonchev–Trinajstić information content (AvgIpc) is 2.80. The third kappa shape index (κ3) is 2.12. The number of anilines is 1. The van der Waals surface area contributed by atoms with Crippen molar-refractivity contribution < 1.29 is 0 Å². The van der Waals surface area contributed by atoms with Crippen LogP contribution >= 0.6 is 0 Å². The molecular weight excluding hydrogens is 226 g/mol. The first-order chi connectivity index (χ1) is 8.56. The molecule has 2 heterocycles. The van der Waals surface area contributed by atoms with Crippen molar-refractivity contribution in [2.45, 2.75) is 40.2 Å². The first-order valence-corrected chi connectivity index (χ1v) is 6.40. The molecule has 0 radical (unpaired) electrons. The summed E-state index contributed by atoms with van der Waals surface area (Å²) in [4.78, 5) is 0. The maximum Gasteiger partial charge on any atom is 0.0854 e. The Hall–Kier alpha value is -1.78. The third-order valence-corrected chi connectivity index (χ3v) is 3.26. The van der Waals surface area contributed by atoms with Crippen molar-refractivity contribution in [2.24, 2.45) is 7.05 Å². The van der Waals surface area contributed by atoms with Crippen LogP contribution in [-0.2, 0) is 26.4 Å². The van der Waals surface area contributed by atoms with E-state index in [4.69, 9.17) is 5.73 Å². The van der Waals surface area contributed by atoms with E-state index >= 15 is 0 Å². The van der Waals surface area contributed by atoms with E-state index in [-0.39, 0.29) is 0 Å². The zero-order valence-electron chi connectivity index (χ0n) is 11.6. The van der Waals surface area contributed by atoms with E-state index in [0.717, 1.165) is 47.8 Å². The molecule has 2 aromatic rings. The fourth-order valence-electron chi connectivity index (χ4n) is 2.30. The Morgan fingerprint density at radius 2 is 1.94 bits per heavy atom. The summed E-state index contributed by atoms with van der Waals surface area (Å²) in [6.45, 7) is 6.92. The van der Waals surface area contributed by atoms with Crippen LogP contribution in [0.3, 0.4) is 0 Å². The number of nitrogens with two attached hydrogens (primary N) is 1. The number of nitrogen functional groups attached to an aromatic ring is 1. The van der Waals surface area contributed by atoms with Gasteiger partial charge in [0.25, 0.3) is 0 Å². The molecule has 0 saturated heterocycles. The van der Waals surface area contributed by atoms with Crippen LogP contribution in [0.15, 0.2) is 6.07 Å². The van der Waals surface area contributed by atoms with Gasteiger partial charge in [0, 0.05) is 7.05 Å². The van der Waals surface area contributed by atoms with Gasteiger partial charge >= 0.3 is 0 Å². The molecule has 0 saturated carbocycles. The lowest BCUT2D eigenvalue weighted by molar-refractivity contribution is 0.593. The van der Waals surface area contributed by atoms with Gasteiger partial charge in [-0.25, -0.2) is 0 Å². The highest BCUT2D eigenvalue weighted by molar-refractivity contribution is 5.48. The van der Waals surface area contributed by atoms with Crippen molar-refractivity contribution in [3.63, 3.8) is 0 Å². The van der Waals surface area contributed by atoms with Crippen molar-refractivity contribution in [2.75, 3.05) is 5.73 Å². The van der Waals surface area contributed by atoms with E-state index in [2.05, 4.69) is 30.1 Å². The second kappa shape index (κ2) is 4.84. The van der Waals surface area contributed by atoms with E-state index in [9.17, 15) is 0 Å². The monoisotopic (exact) mass is 247 g/mol. The van der Waals surface area contributed by atoms with Gasteiger partial charge < -0.3 is 5.73 Å². The predicted octanol–water partition coefficient (Wildman–Crippen LogP) is 1.68. The normalized spacial score (nSPS) is 11.1. The molecule has 0 fully saturated rings. The van der Waals surface area contributed by atoms with Gasteiger partial charge in [0.2, 0.25) is 0 Å². The summed E-state index contributed by atoms with van der Waals surface area (Å²) < 4.78 is 3.91. The molecule has 0 aliphatic rings. The molecule has 5 heteroatoms. The van der Waals surface area contributed by atoms with Crippen LogP contribution in [0, 0.1) is 6.92 Å². The average molecular weight is 247 g/mol. The van der Waals surface area contributed by atoms with Crippen LogP contribution in [-0.4, -0.2) is 19.6 Å². The molecule has 0 amide bonds. The molecule has 5 nitrogen and oxygen atoms in total. The Morgan fingerprint density at radius 1 is 1.22 bits per heavy atom. The van der Waals surface area contributed by atoms with Gasteiger partial charge in [0.1, 0.15) is 0 Å². The minimum Gasteiger partial charge on any atom is -0.396 e. The predicted molar refractivity (Wildman–Crippen MR) is 72.4 cm³/mol.